The van der Waals surface area contributed by atoms with E-state index < -0.39 is 14.8 Å². The molecule has 134 valence electrons. The first kappa shape index (κ1) is 23.0. The van der Waals surface area contributed by atoms with Crippen LogP contribution in [0.2, 0.25) is 29.3 Å². The van der Waals surface area contributed by atoms with Crippen LogP contribution in [0.25, 0.3) is 0 Å². The molecule has 0 bridgehead atoms. The summed E-state index contributed by atoms with van der Waals surface area (Å²) >= 11 is 14.8. The maximum atomic E-state index is 7.38. The molecule has 0 aliphatic rings. The molecule has 0 saturated carbocycles. The Hall–Kier alpha value is 1.01. The number of rotatable bonds is 14. The van der Waals surface area contributed by atoms with Crippen molar-refractivity contribution in [3.63, 3.8) is 0 Å². The van der Waals surface area contributed by atoms with Crippen molar-refractivity contribution < 1.29 is 0 Å². The fourth-order valence-corrected chi connectivity index (χ4v) is 20.8. The van der Waals surface area contributed by atoms with Gasteiger partial charge in [0.15, 0.2) is 14.8 Å². The molecule has 0 spiro atoms. The van der Waals surface area contributed by atoms with Crippen molar-refractivity contribution in [2.24, 2.45) is 0 Å². The van der Waals surface area contributed by atoms with Gasteiger partial charge >= 0.3 is 0 Å². The van der Waals surface area contributed by atoms with Crippen LogP contribution < -0.4 is 0 Å². The number of hydrogen-bond donors (Lipinski definition) is 0. The molecule has 0 aliphatic carbocycles. The lowest BCUT2D eigenvalue weighted by atomic mass is 10.4. The molecule has 0 radical (unpaired) electrons. The normalized spacial score (nSPS) is 13.1. The van der Waals surface area contributed by atoms with Crippen LogP contribution >= 0.6 is 22.2 Å². The average Bonchev–Trinajstić information content (AvgIpc) is 2.53. The van der Waals surface area contributed by atoms with Crippen molar-refractivity contribution >= 4 is 36.9 Å². The van der Waals surface area contributed by atoms with Crippen LogP contribution in [-0.4, -0.2) is 14.8 Å². The topological polar surface area (TPSA) is 0 Å². The van der Waals surface area contributed by atoms with Gasteiger partial charge in [0, 0.05) is 0 Å². The highest BCUT2D eigenvalue weighted by atomic mass is 35.6. The first-order valence-corrected chi connectivity index (χ1v) is 16.8. The highest BCUT2D eigenvalue weighted by molar-refractivity contribution is 7.34. The van der Waals surface area contributed by atoms with E-state index in [2.05, 4.69) is 34.6 Å². The smallest absolute Gasteiger partial charge is 0.157 e. The van der Waals surface area contributed by atoms with E-state index in [-0.39, 0.29) is 0 Å². The Bertz CT molecular complexity index is 230. The first-order chi connectivity index (χ1) is 10.4. The molecule has 0 rings (SSSR count). The molecular weight excluding hydrogens is 343 g/mol. The minimum atomic E-state index is -1.73. The third-order valence-electron chi connectivity index (χ3n) is 5.34. The second-order valence-corrected chi connectivity index (χ2v) is 20.2. The van der Waals surface area contributed by atoms with E-state index in [1.165, 1.54) is 75.5 Å². The van der Waals surface area contributed by atoms with Crippen molar-refractivity contribution in [1.82, 2.24) is 0 Å². The zero-order chi connectivity index (χ0) is 17.1. The van der Waals surface area contributed by atoms with Crippen LogP contribution in [0.1, 0.15) is 86.0 Å². The van der Waals surface area contributed by atoms with E-state index in [4.69, 9.17) is 22.2 Å². The molecule has 0 aromatic rings. The van der Waals surface area contributed by atoms with Crippen molar-refractivity contribution in [1.29, 1.82) is 0 Å². The number of halogens is 2. The Morgan fingerprint density at radius 2 is 0.818 bits per heavy atom. The van der Waals surface area contributed by atoms with Gasteiger partial charge in [-0.2, -0.15) is 22.2 Å². The van der Waals surface area contributed by atoms with E-state index in [1.807, 2.05) is 0 Å². The van der Waals surface area contributed by atoms with Crippen LogP contribution in [0.5, 0.6) is 0 Å². The molecule has 0 aromatic carbocycles. The van der Waals surface area contributed by atoms with Gasteiger partial charge in [-0.25, -0.2) is 0 Å². The molecule has 0 unspecified atom stereocenters. The minimum absolute atomic E-state index is 0.652. The van der Waals surface area contributed by atoms with E-state index in [0.29, 0.717) is 5.16 Å². The van der Waals surface area contributed by atoms with Crippen LogP contribution in [0, 0.1) is 0 Å². The molecule has 0 amide bonds. The van der Waals surface area contributed by atoms with Crippen LogP contribution in [0.4, 0.5) is 0 Å². The monoisotopic (exact) mass is 382 g/mol. The summed E-state index contributed by atoms with van der Waals surface area (Å²) in [6.07, 6.45) is 10.3. The Labute approximate surface area is 152 Å². The Morgan fingerprint density at radius 3 is 1.00 bits per heavy atom. The fraction of sp³-hybridized carbons (Fsp3) is 1.00. The Kier molecular flexibility index (Phi) is 13.0. The summed E-state index contributed by atoms with van der Waals surface area (Å²) in [6, 6.07) is 5.13. The molecule has 0 saturated heterocycles. The third-order valence-corrected chi connectivity index (χ3v) is 21.8. The maximum absolute atomic E-state index is 7.38. The lowest BCUT2D eigenvalue weighted by Gasteiger charge is -2.41. The lowest BCUT2D eigenvalue weighted by molar-refractivity contribution is 0.808. The molecule has 0 heterocycles. The van der Waals surface area contributed by atoms with E-state index in [0.717, 1.165) is 0 Å². The molecule has 0 atom stereocenters. The second kappa shape index (κ2) is 12.4. The summed E-state index contributed by atoms with van der Waals surface area (Å²) in [7, 11) is -3.46. The summed E-state index contributed by atoms with van der Waals surface area (Å²) in [5.74, 6) is 0. The highest BCUT2D eigenvalue weighted by Gasteiger charge is 2.48. The van der Waals surface area contributed by atoms with E-state index in [1.54, 1.807) is 0 Å². The maximum Gasteiger partial charge on any atom is 0.157 e. The summed E-state index contributed by atoms with van der Waals surface area (Å²) in [6.45, 7) is 11.6. The van der Waals surface area contributed by atoms with Crippen LogP contribution in [0.3, 0.4) is 0 Å². The summed E-state index contributed by atoms with van der Waals surface area (Å²) in [5.41, 5.74) is 0. The van der Waals surface area contributed by atoms with Gasteiger partial charge in [-0.15, -0.1) is 0 Å². The van der Waals surface area contributed by atoms with Crippen LogP contribution in [0.15, 0.2) is 0 Å². The van der Waals surface area contributed by atoms with E-state index in [9.17, 15) is 0 Å². The second-order valence-electron chi connectivity index (χ2n) is 7.21. The Morgan fingerprint density at radius 1 is 0.591 bits per heavy atom. The van der Waals surface area contributed by atoms with Gasteiger partial charge in [0.05, 0.1) is 0 Å². The summed E-state index contributed by atoms with van der Waals surface area (Å²) in [5, 5.41) is 0.652. The van der Waals surface area contributed by atoms with Crippen molar-refractivity contribution in [2.45, 2.75) is 115 Å². The fourth-order valence-electron chi connectivity index (χ4n) is 3.46. The van der Waals surface area contributed by atoms with Crippen molar-refractivity contribution in [3.8, 4) is 0 Å². The van der Waals surface area contributed by atoms with Crippen molar-refractivity contribution in [3.05, 3.63) is 0 Å². The molecular formula is C18H40Cl2Si2. The standard InChI is InChI=1S/C18H40Cl2Si2/c1-6-10-14-21(19,15-11-7-2)18(5)22(20,16-12-8-3)17-13-9-4/h18H,6-17H2,1-5H3. The van der Waals surface area contributed by atoms with Gasteiger partial charge in [-0.05, 0) is 29.3 Å². The first-order valence-electron chi connectivity index (χ1n) is 9.78. The average molecular weight is 384 g/mol. The van der Waals surface area contributed by atoms with Gasteiger partial charge < -0.3 is 0 Å². The zero-order valence-corrected chi connectivity index (χ0v) is 19.3. The largest absolute Gasteiger partial charge is 0.167 e. The minimum Gasteiger partial charge on any atom is -0.167 e. The van der Waals surface area contributed by atoms with E-state index >= 15 is 0 Å². The van der Waals surface area contributed by atoms with Gasteiger partial charge in [0.1, 0.15) is 0 Å². The molecule has 0 fully saturated rings. The SMILES string of the molecule is CCCC[Si](Cl)(CCCC)C(C)[Si](Cl)(CCCC)CCCC. The Balaban J connectivity index is 5.15. The molecule has 0 aromatic heterocycles. The predicted molar refractivity (Wildman–Crippen MR) is 111 cm³/mol. The molecule has 0 aliphatic heterocycles. The molecule has 22 heavy (non-hydrogen) atoms. The van der Waals surface area contributed by atoms with Crippen LogP contribution in [-0.2, 0) is 0 Å². The quantitative estimate of drug-likeness (QED) is 0.208. The number of hydrogen-bond acceptors (Lipinski definition) is 0. The highest BCUT2D eigenvalue weighted by Crippen LogP contribution is 2.48. The van der Waals surface area contributed by atoms with Gasteiger partial charge in [-0.3, -0.25) is 0 Å². The van der Waals surface area contributed by atoms with Crippen molar-refractivity contribution in [2.75, 3.05) is 0 Å². The zero-order valence-electron chi connectivity index (χ0n) is 15.8. The van der Waals surface area contributed by atoms with Gasteiger partial charge in [-0.1, -0.05) is 86.0 Å². The number of unbranched alkanes of at least 4 members (excludes halogenated alkanes) is 4. The molecule has 4 heteroatoms. The lowest BCUT2D eigenvalue weighted by Crippen LogP contribution is -2.47. The third kappa shape index (κ3) is 7.72. The summed E-state index contributed by atoms with van der Waals surface area (Å²) in [4.78, 5) is 0. The van der Waals surface area contributed by atoms with Gasteiger partial charge in [0.2, 0.25) is 0 Å². The summed E-state index contributed by atoms with van der Waals surface area (Å²) < 4.78 is 0. The van der Waals surface area contributed by atoms with Gasteiger partial charge in [0.25, 0.3) is 0 Å². The molecule has 0 nitrogen and oxygen atoms in total. The predicted octanol–water partition coefficient (Wildman–Crippen LogP) is 8.48. The molecule has 0 N–H and O–H groups in total.